The summed E-state index contributed by atoms with van der Waals surface area (Å²) in [4.78, 5) is 12.4. The van der Waals surface area contributed by atoms with Gasteiger partial charge in [0, 0.05) is 18.2 Å². The van der Waals surface area contributed by atoms with Crippen LogP contribution < -0.4 is 5.32 Å². The summed E-state index contributed by atoms with van der Waals surface area (Å²) in [7, 11) is 1.82. The van der Waals surface area contributed by atoms with Crippen molar-refractivity contribution in [3.63, 3.8) is 0 Å². The number of anilines is 1. The summed E-state index contributed by atoms with van der Waals surface area (Å²) in [5.74, 6) is -0.145. The van der Waals surface area contributed by atoms with E-state index in [-0.39, 0.29) is 11.5 Å². The monoisotopic (exact) mass is 310 g/mol. The van der Waals surface area contributed by atoms with E-state index in [0.717, 1.165) is 5.56 Å². The Morgan fingerprint density at radius 1 is 1.22 bits per heavy atom. The van der Waals surface area contributed by atoms with E-state index in [1.54, 1.807) is 36.0 Å². The maximum atomic E-state index is 13.6. The Bertz CT molecular complexity index is 873. The molecular formula is C17H15FN4O. The van der Waals surface area contributed by atoms with Gasteiger partial charge in [0.2, 0.25) is 0 Å². The van der Waals surface area contributed by atoms with Crippen molar-refractivity contribution in [1.29, 1.82) is 0 Å². The van der Waals surface area contributed by atoms with Gasteiger partial charge in [-0.2, -0.15) is 0 Å². The lowest BCUT2D eigenvalue weighted by molar-refractivity contribution is 0.102. The predicted octanol–water partition coefficient (Wildman–Crippen LogP) is 3.18. The minimum atomic E-state index is -0.403. The first-order valence-electron chi connectivity index (χ1n) is 7.07. The molecule has 5 nitrogen and oxygen atoms in total. The lowest BCUT2D eigenvalue weighted by Crippen LogP contribution is -2.13. The van der Waals surface area contributed by atoms with E-state index in [2.05, 4.69) is 15.5 Å². The molecule has 6 heteroatoms. The summed E-state index contributed by atoms with van der Waals surface area (Å²) in [6.45, 7) is 1.65. The van der Waals surface area contributed by atoms with Crippen LogP contribution in [0.4, 0.5) is 10.1 Å². The first-order valence-corrected chi connectivity index (χ1v) is 7.07. The Kier molecular flexibility index (Phi) is 3.89. The number of hydrogen-bond acceptors (Lipinski definition) is 3. The lowest BCUT2D eigenvalue weighted by Gasteiger charge is -2.11. The number of aromatic nitrogens is 3. The second-order valence-corrected chi connectivity index (χ2v) is 5.23. The highest BCUT2D eigenvalue weighted by molar-refractivity contribution is 6.06. The van der Waals surface area contributed by atoms with Crippen LogP contribution >= 0.6 is 0 Å². The maximum absolute atomic E-state index is 13.6. The summed E-state index contributed by atoms with van der Waals surface area (Å²) < 4.78 is 15.4. The largest absolute Gasteiger partial charge is 0.321 e. The van der Waals surface area contributed by atoms with Crippen LogP contribution in [0, 0.1) is 12.7 Å². The van der Waals surface area contributed by atoms with Crippen molar-refractivity contribution in [3.8, 4) is 11.4 Å². The van der Waals surface area contributed by atoms with Crippen LogP contribution in [0.25, 0.3) is 11.4 Å². The molecular weight excluding hydrogens is 295 g/mol. The maximum Gasteiger partial charge on any atom is 0.255 e. The molecule has 0 spiro atoms. The summed E-state index contributed by atoms with van der Waals surface area (Å²) in [6, 6.07) is 11.7. The van der Waals surface area contributed by atoms with Crippen LogP contribution in [0.1, 0.15) is 15.9 Å². The van der Waals surface area contributed by atoms with Crippen molar-refractivity contribution in [2.75, 3.05) is 5.32 Å². The lowest BCUT2D eigenvalue weighted by atomic mass is 10.1. The highest BCUT2D eigenvalue weighted by Gasteiger charge is 2.14. The smallest absolute Gasteiger partial charge is 0.255 e. The van der Waals surface area contributed by atoms with Crippen LogP contribution in [0.5, 0.6) is 0 Å². The quantitative estimate of drug-likeness (QED) is 0.808. The number of halogens is 1. The fourth-order valence-electron chi connectivity index (χ4n) is 2.24. The standard InChI is InChI=1S/C17H15FN4O/c1-11-7-8-12(9-14(11)18)17(23)20-15-6-4-3-5-13(15)16-21-19-10-22(16)2/h3-10H,1-2H3,(H,20,23). The van der Waals surface area contributed by atoms with Crippen molar-refractivity contribution in [3.05, 3.63) is 65.7 Å². The highest BCUT2D eigenvalue weighted by atomic mass is 19.1. The van der Waals surface area contributed by atoms with Crippen molar-refractivity contribution in [2.24, 2.45) is 7.05 Å². The van der Waals surface area contributed by atoms with Gasteiger partial charge in [-0.3, -0.25) is 4.79 Å². The van der Waals surface area contributed by atoms with Crippen molar-refractivity contribution >= 4 is 11.6 Å². The molecule has 0 unspecified atom stereocenters. The Morgan fingerprint density at radius 3 is 2.70 bits per heavy atom. The SMILES string of the molecule is Cc1ccc(C(=O)Nc2ccccc2-c2nncn2C)cc1F. The van der Waals surface area contributed by atoms with Gasteiger partial charge in [0.15, 0.2) is 5.82 Å². The zero-order chi connectivity index (χ0) is 16.4. The van der Waals surface area contributed by atoms with Crippen LogP contribution in [0.2, 0.25) is 0 Å². The van der Waals surface area contributed by atoms with E-state index in [1.807, 2.05) is 25.2 Å². The third-order valence-electron chi connectivity index (χ3n) is 3.56. The third kappa shape index (κ3) is 2.96. The molecule has 1 amide bonds. The number of benzene rings is 2. The van der Waals surface area contributed by atoms with Gasteiger partial charge in [-0.15, -0.1) is 10.2 Å². The van der Waals surface area contributed by atoms with Gasteiger partial charge in [0.1, 0.15) is 12.1 Å². The molecule has 0 atom stereocenters. The number of carbonyl (C=O) groups is 1. The summed E-state index contributed by atoms with van der Waals surface area (Å²) >= 11 is 0. The van der Waals surface area contributed by atoms with Gasteiger partial charge in [0.25, 0.3) is 5.91 Å². The molecule has 0 aliphatic rings. The van der Waals surface area contributed by atoms with Gasteiger partial charge in [-0.25, -0.2) is 4.39 Å². The average molecular weight is 310 g/mol. The molecule has 0 radical (unpaired) electrons. The predicted molar refractivity (Wildman–Crippen MR) is 85.5 cm³/mol. The van der Waals surface area contributed by atoms with Gasteiger partial charge >= 0.3 is 0 Å². The summed E-state index contributed by atoms with van der Waals surface area (Å²) in [5, 5.41) is 10.7. The molecule has 0 aliphatic carbocycles. The summed E-state index contributed by atoms with van der Waals surface area (Å²) in [6.07, 6.45) is 1.59. The third-order valence-corrected chi connectivity index (χ3v) is 3.56. The van der Waals surface area contributed by atoms with Gasteiger partial charge in [0.05, 0.1) is 5.69 Å². The van der Waals surface area contributed by atoms with E-state index < -0.39 is 5.82 Å². The van der Waals surface area contributed by atoms with Crippen molar-refractivity contribution in [1.82, 2.24) is 14.8 Å². The van der Waals surface area contributed by atoms with E-state index >= 15 is 0 Å². The number of nitrogens with zero attached hydrogens (tertiary/aromatic N) is 3. The molecule has 116 valence electrons. The van der Waals surface area contributed by atoms with Crippen LogP contribution in [0.15, 0.2) is 48.8 Å². The Labute approximate surface area is 132 Å². The molecule has 3 rings (SSSR count). The number of rotatable bonds is 3. The Hall–Kier alpha value is -3.02. The first kappa shape index (κ1) is 14.9. The van der Waals surface area contributed by atoms with Crippen LogP contribution in [-0.4, -0.2) is 20.7 Å². The zero-order valence-corrected chi connectivity index (χ0v) is 12.7. The molecule has 0 saturated heterocycles. The second-order valence-electron chi connectivity index (χ2n) is 5.23. The van der Waals surface area contributed by atoms with Crippen LogP contribution in [0.3, 0.4) is 0 Å². The topological polar surface area (TPSA) is 59.8 Å². The number of nitrogens with one attached hydrogen (secondary N) is 1. The van der Waals surface area contributed by atoms with Gasteiger partial charge in [-0.05, 0) is 36.8 Å². The fraction of sp³-hybridized carbons (Fsp3) is 0.118. The molecule has 23 heavy (non-hydrogen) atoms. The first-order chi connectivity index (χ1) is 11.1. The number of para-hydroxylation sites is 1. The van der Waals surface area contributed by atoms with Gasteiger partial charge < -0.3 is 9.88 Å². The molecule has 0 fully saturated rings. The molecule has 0 bridgehead atoms. The average Bonchev–Trinajstić information content (AvgIpc) is 2.96. The van der Waals surface area contributed by atoms with Crippen molar-refractivity contribution in [2.45, 2.75) is 6.92 Å². The zero-order valence-electron chi connectivity index (χ0n) is 12.7. The van der Waals surface area contributed by atoms with E-state index in [9.17, 15) is 9.18 Å². The Balaban J connectivity index is 1.93. The summed E-state index contributed by atoms with van der Waals surface area (Å²) in [5.41, 5.74) is 2.10. The van der Waals surface area contributed by atoms with Gasteiger partial charge in [-0.1, -0.05) is 18.2 Å². The molecule has 3 aromatic rings. The fourth-order valence-corrected chi connectivity index (χ4v) is 2.24. The number of aryl methyl sites for hydroxylation is 2. The molecule has 2 aromatic carbocycles. The molecule has 1 heterocycles. The normalized spacial score (nSPS) is 10.6. The molecule has 1 aromatic heterocycles. The van der Waals surface area contributed by atoms with E-state index in [1.165, 1.54) is 6.07 Å². The molecule has 1 N–H and O–H groups in total. The number of hydrogen-bond donors (Lipinski definition) is 1. The number of carbonyl (C=O) groups excluding carboxylic acids is 1. The van der Waals surface area contributed by atoms with Crippen molar-refractivity contribution < 1.29 is 9.18 Å². The van der Waals surface area contributed by atoms with E-state index in [0.29, 0.717) is 17.1 Å². The minimum Gasteiger partial charge on any atom is -0.321 e. The number of amides is 1. The second kappa shape index (κ2) is 6.00. The minimum absolute atomic E-state index is 0.265. The van der Waals surface area contributed by atoms with E-state index in [4.69, 9.17) is 0 Å². The van der Waals surface area contributed by atoms with Crippen LogP contribution in [-0.2, 0) is 7.05 Å². The molecule has 0 aliphatic heterocycles. The Morgan fingerprint density at radius 2 is 2.00 bits per heavy atom. The highest BCUT2D eigenvalue weighted by Crippen LogP contribution is 2.26. The molecule has 0 saturated carbocycles.